The second kappa shape index (κ2) is 8.45. The van der Waals surface area contributed by atoms with Crippen LogP contribution in [0, 0.1) is 11.8 Å². The summed E-state index contributed by atoms with van der Waals surface area (Å²) < 4.78 is 5.31. The van der Waals surface area contributed by atoms with Gasteiger partial charge in [-0.25, -0.2) is 15.2 Å². The van der Waals surface area contributed by atoms with E-state index in [-0.39, 0.29) is 36.1 Å². The van der Waals surface area contributed by atoms with Crippen LogP contribution in [0.1, 0.15) is 62.9 Å². The summed E-state index contributed by atoms with van der Waals surface area (Å²) in [5.74, 6) is -0.859. The van der Waals surface area contributed by atoms with Crippen LogP contribution >= 0.6 is 0 Å². The number of ether oxygens (including phenoxy) is 1. The standard InChI is InChI=1S/C22H29N3O5/c1-13(15-9-10-15)25(24-21(29)30-22(2,3)4)20(28)16-7-5-14(6-8-16)11-17-12-18(26)23-19(17)27/h5-8,13,15,17H,9-12H2,1-4H3,(H,24,29)(H,23,26,27). The van der Waals surface area contributed by atoms with E-state index >= 15 is 0 Å². The van der Waals surface area contributed by atoms with Crippen molar-refractivity contribution >= 4 is 23.8 Å². The van der Waals surface area contributed by atoms with Gasteiger partial charge in [0.2, 0.25) is 11.8 Å². The summed E-state index contributed by atoms with van der Waals surface area (Å²) in [6.45, 7) is 7.21. The van der Waals surface area contributed by atoms with E-state index < -0.39 is 11.7 Å². The van der Waals surface area contributed by atoms with Crippen molar-refractivity contribution in [3.8, 4) is 0 Å². The van der Waals surface area contributed by atoms with Crippen LogP contribution in [0.5, 0.6) is 0 Å². The van der Waals surface area contributed by atoms with Crippen molar-refractivity contribution in [2.45, 2.75) is 65.0 Å². The van der Waals surface area contributed by atoms with Gasteiger partial charge in [0.25, 0.3) is 5.91 Å². The molecular weight excluding hydrogens is 386 g/mol. The molecule has 2 fully saturated rings. The normalized spacial score (nSPS) is 19.8. The summed E-state index contributed by atoms with van der Waals surface area (Å²) >= 11 is 0. The molecule has 0 spiro atoms. The van der Waals surface area contributed by atoms with E-state index in [1.807, 2.05) is 6.92 Å². The second-order valence-electron chi connectivity index (χ2n) is 9.08. The third kappa shape index (κ3) is 5.58. The lowest BCUT2D eigenvalue weighted by Gasteiger charge is -2.31. The molecule has 0 aromatic heterocycles. The topological polar surface area (TPSA) is 105 Å². The summed E-state index contributed by atoms with van der Waals surface area (Å²) in [5, 5.41) is 3.66. The van der Waals surface area contributed by atoms with Crippen LogP contribution in [0.2, 0.25) is 0 Å². The number of nitrogens with zero attached hydrogens (tertiary/aromatic N) is 1. The first-order valence-electron chi connectivity index (χ1n) is 10.3. The molecule has 30 heavy (non-hydrogen) atoms. The zero-order valence-corrected chi connectivity index (χ0v) is 17.9. The molecule has 0 bridgehead atoms. The molecule has 0 radical (unpaired) electrons. The van der Waals surface area contributed by atoms with Crippen LogP contribution in [0.15, 0.2) is 24.3 Å². The van der Waals surface area contributed by atoms with Crippen LogP contribution in [0.4, 0.5) is 4.79 Å². The van der Waals surface area contributed by atoms with E-state index in [0.717, 1.165) is 18.4 Å². The number of rotatable bonds is 5. The quantitative estimate of drug-likeness (QED) is 0.568. The van der Waals surface area contributed by atoms with E-state index in [1.54, 1.807) is 45.0 Å². The zero-order chi connectivity index (χ0) is 22.1. The number of hydrogen-bond donors (Lipinski definition) is 2. The van der Waals surface area contributed by atoms with Crippen molar-refractivity contribution in [3.05, 3.63) is 35.4 Å². The van der Waals surface area contributed by atoms with Gasteiger partial charge in [-0.3, -0.25) is 19.7 Å². The molecule has 1 heterocycles. The summed E-state index contributed by atoms with van der Waals surface area (Å²) in [6.07, 6.45) is 1.98. The Labute approximate surface area is 176 Å². The molecule has 1 aliphatic heterocycles. The zero-order valence-electron chi connectivity index (χ0n) is 17.9. The first-order chi connectivity index (χ1) is 14.0. The number of amides is 4. The largest absolute Gasteiger partial charge is 0.443 e. The summed E-state index contributed by atoms with van der Waals surface area (Å²) in [7, 11) is 0. The van der Waals surface area contributed by atoms with Gasteiger partial charge in [0, 0.05) is 12.0 Å². The Balaban J connectivity index is 1.69. The van der Waals surface area contributed by atoms with E-state index in [1.165, 1.54) is 5.01 Å². The molecule has 2 aliphatic rings. The van der Waals surface area contributed by atoms with Crippen LogP contribution < -0.4 is 10.7 Å². The van der Waals surface area contributed by atoms with Gasteiger partial charge in [0.1, 0.15) is 5.60 Å². The first kappa shape index (κ1) is 21.8. The number of hydrogen-bond acceptors (Lipinski definition) is 5. The predicted molar refractivity (Wildman–Crippen MR) is 109 cm³/mol. The summed E-state index contributed by atoms with van der Waals surface area (Å²) in [6, 6.07) is 6.75. The molecule has 1 aromatic carbocycles. The Hall–Kier alpha value is -2.90. The first-order valence-corrected chi connectivity index (χ1v) is 10.3. The van der Waals surface area contributed by atoms with E-state index in [4.69, 9.17) is 4.74 Å². The highest BCUT2D eigenvalue weighted by Gasteiger charge is 2.36. The van der Waals surface area contributed by atoms with E-state index in [0.29, 0.717) is 17.9 Å². The van der Waals surface area contributed by atoms with Gasteiger partial charge in [-0.2, -0.15) is 0 Å². The average Bonchev–Trinajstić information content (AvgIpc) is 3.44. The fraction of sp³-hybridized carbons (Fsp3) is 0.545. The predicted octanol–water partition coefficient (Wildman–Crippen LogP) is 2.57. The molecule has 2 atom stereocenters. The number of imide groups is 1. The molecule has 8 nitrogen and oxygen atoms in total. The molecule has 1 saturated carbocycles. The maximum Gasteiger partial charge on any atom is 0.426 e. The van der Waals surface area contributed by atoms with Gasteiger partial charge in [0.15, 0.2) is 0 Å². The lowest BCUT2D eigenvalue weighted by molar-refractivity contribution is -0.125. The van der Waals surface area contributed by atoms with Crippen molar-refractivity contribution < 1.29 is 23.9 Å². The fourth-order valence-electron chi connectivity index (χ4n) is 3.51. The van der Waals surface area contributed by atoms with Gasteiger partial charge in [-0.05, 0) is 70.6 Å². The van der Waals surface area contributed by atoms with E-state index in [9.17, 15) is 19.2 Å². The van der Waals surface area contributed by atoms with Crippen molar-refractivity contribution in [2.75, 3.05) is 0 Å². The average molecular weight is 415 g/mol. The van der Waals surface area contributed by atoms with Crippen molar-refractivity contribution in [1.82, 2.24) is 15.8 Å². The minimum absolute atomic E-state index is 0.155. The second-order valence-corrected chi connectivity index (χ2v) is 9.08. The smallest absolute Gasteiger partial charge is 0.426 e. The minimum atomic E-state index is -0.670. The highest BCUT2D eigenvalue weighted by molar-refractivity contribution is 6.03. The Kier molecular flexibility index (Phi) is 6.14. The van der Waals surface area contributed by atoms with Crippen LogP contribution in [0.25, 0.3) is 0 Å². The lowest BCUT2D eigenvalue weighted by atomic mass is 9.97. The molecule has 1 aromatic rings. The molecule has 3 rings (SSSR count). The van der Waals surface area contributed by atoms with Gasteiger partial charge in [-0.15, -0.1) is 0 Å². The number of carbonyl (C=O) groups is 4. The maximum absolute atomic E-state index is 13.1. The third-order valence-corrected chi connectivity index (χ3v) is 5.29. The van der Waals surface area contributed by atoms with Crippen molar-refractivity contribution in [1.29, 1.82) is 0 Å². The monoisotopic (exact) mass is 415 g/mol. The van der Waals surface area contributed by atoms with Crippen LogP contribution in [-0.4, -0.2) is 40.5 Å². The molecule has 4 amide bonds. The van der Waals surface area contributed by atoms with Gasteiger partial charge in [-0.1, -0.05) is 12.1 Å². The van der Waals surface area contributed by atoms with E-state index in [2.05, 4.69) is 10.7 Å². The van der Waals surface area contributed by atoms with Gasteiger partial charge < -0.3 is 4.74 Å². The highest BCUT2D eigenvalue weighted by atomic mass is 16.6. The number of hydrazine groups is 1. The lowest BCUT2D eigenvalue weighted by Crippen LogP contribution is -2.52. The Bertz CT molecular complexity index is 839. The molecule has 1 aliphatic carbocycles. The molecule has 2 unspecified atom stereocenters. The van der Waals surface area contributed by atoms with Crippen molar-refractivity contribution in [3.63, 3.8) is 0 Å². The maximum atomic E-state index is 13.1. The van der Waals surface area contributed by atoms with Gasteiger partial charge >= 0.3 is 6.09 Å². The fourth-order valence-corrected chi connectivity index (χ4v) is 3.51. The molecule has 8 heteroatoms. The molecular formula is C22H29N3O5. The Morgan fingerprint density at radius 1 is 1.20 bits per heavy atom. The number of carbonyl (C=O) groups excluding carboxylic acids is 4. The number of benzene rings is 1. The number of nitrogens with one attached hydrogen (secondary N) is 2. The highest BCUT2D eigenvalue weighted by Crippen LogP contribution is 2.35. The summed E-state index contributed by atoms with van der Waals surface area (Å²) in [5.41, 5.74) is 3.23. The summed E-state index contributed by atoms with van der Waals surface area (Å²) in [4.78, 5) is 48.5. The van der Waals surface area contributed by atoms with Crippen LogP contribution in [0.3, 0.4) is 0 Å². The SMILES string of the molecule is CC(C1CC1)N(NC(=O)OC(C)(C)C)C(=O)c1ccc(CC2CC(=O)NC2=O)cc1. The van der Waals surface area contributed by atoms with Gasteiger partial charge in [0.05, 0.1) is 12.0 Å². The molecule has 1 saturated heterocycles. The van der Waals surface area contributed by atoms with Crippen LogP contribution in [-0.2, 0) is 20.7 Å². The third-order valence-electron chi connectivity index (χ3n) is 5.29. The molecule has 162 valence electrons. The molecule has 2 N–H and O–H groups in total. The Morgan fingerprint density at radius 2 is 1.83 bits per heavy atom. The Morgan fingerprint density at radius 3 is 2.33 bits per heavy atom. The minimum Gasteiger partial charge on any atom is -0.443 e. The van der Waals surface area contributed by atoms with Crippen molar-refractivity contribution in [2.24, 2.45) is 11.8 Å².